The fourth-order valence-electron chi connectivity index (χ4n) is 0.951. The van der Waals surface area contributed by atoms with Crippen LogP contribution in [0.2, 0.25) is 0 Å². The Morgan fingerprint density at radius 1 is 1.47 bits per heavy atom. The largest absolute Gasteiger partial charge is 0.294 e. The summed E-state index contributed by atoms with van der Waals surface area (Å²) in [7, 11) is -3.54. The highest BCUT2D eigenvalue weighted by molar-refractivity contribution is 9.10. The summed E-state index contributed by atoms with van der Waals surface area (Å²) in [4.78, 5) is 9.96. The van der Waals surface area contributed by atoms with Gasteiger partial charge < -0.3 is 0 Å². The first-order chi connectivity index (χ1) is 6.81. The molecule has 0 aromatic heterocycles. The Morgan fingerprint density at radius 2 is 2.07 bits per heavy atom. The molecule has 0 fully saturated rings. The highest BCUT2D eigenvalue weighted by Crippen LogP contribution is 2.32. The van der Waals surface area contributed by atoms with Crippen LogP contribution >= 0.6 is 15.9 Å². The smallest absolute Gasteiger partial charge is 0.276 e. The van der Waals surface area contributed by atoms with Crippen molar-refractivity contribution in [1.29, 1.82) is 0 Å². The van der Waals surface area contributed by atoms with Crippen LogP contribution in [0.3, 0.4) is 0 Å². The van der Waals surface area contributed by atoms with E-state index in [1.807, 2.05) is 0 Å². The summed E-state index contributed by atoms with van der Waals surface area (Å²) < 4.78 is 24.4. The molecule has 1 aromatic rings. The van der Waals surface area contributed by atoms with Crippen LogP contribution < -0.4 is 4.72 Å². The number of sulfonamides is 1. The van der Waals surface area contributed by atoms with Gasteiger partial charge in [-0.15, -0.1) is 0 Å². The third kappa shape index (κ3) is 3.17. The number of hydrogen-bond donors (Lipinski definition) is 1. The predicted octanol–water partition coefficient (Wildman–Crippen LogP) is 1.73. The minimum absolute atomic E-state index is 0.0648. The fourth-order valence-corrected chi connectivity index (χ4v) is 2.12. The number of nitro benzene ring substituents is 1. The number of hydrogen-bond acceptors (Lipinski definition) is 4. The van der Waals surface area contributed by atoms with Crippen LogP contribution in [0.15, 0.2) is 22.7 Å². The molecule has 0 aliphatic rings. The number of nitrogens with zero attached hydrogens (tertiary/aromatic N) is 1. The van der Waals surface area contributed by atoms with E-state index in [9.17, 15) is 18.5 Å². The first-order valence-corrected chi connectivity index (χ1v) is 6.40. The molecule has 15 heavy (non-hydrogen) atoms. The van der Waals surface area contributed by atoms with Crippen LogP contribution in [-0.4, -0.2) is 19.6 Å². The lowest BCUT2D eigenvalue weighted by Crippen LogP contribution is -2.11. The Balaban J connectivity index is 3.32. The molecule has 0 unspecified atom stereocenters. The van der Waals surface area contributed by atoms with Crippen LogP contribution in [0.1, 0.15) is 0 Å². The molecular formula is C7H7BrN2O4S. The number of nitrogens with one attached hydrogen (secondary N) is 1. The van der Waals surface area contributed by atoms with Crippen molar-refractivity contribution in [3.05, 3.63) is 32.8 Å². The molecule has 6 nitrogen and oxygen atoms in total. The van der Waals surface area contributed by atoms with Gasteiger partial charge in [0.1, 0.15) is 5.69 Å². The minimum Gasteiger partial charge on any atom is -0.276 e. The van der Waals surface area contributed by atoms with Gasteiger partial charge in [0.25, 0.3) is 5.69 Å². The highest BCUT2D eigenvalue weighted by atomic mass is 79.9. The average molecular weight is 295 g/mol. The van der Waals surface area contributed by atoms with E-state index >= 15 is 0 Å². The van der Waals surface area contributed by atoms with Crippen LogP contribution in [0.25, 0.3) is 0 Å². The Kier molecular flexibility index (Phi) is 3.30. The molecule has 0 aliphatic carbocycles. The molecule has 0 saturated heterocycles. The third-order valence-corrected chi connectivity index (χ3v) is 2.71. The summed E-state index contributed by atoms with van der Waals surface area (Å²) >= 11 is 3.04. The van der Waals surface area contributed by atoms with E-state index in [1.54, 1.807) is 0 Å². The number of para-hydroxylation sites is 1. The van der Waals surface area contributed by atoms with E-state index in [1.165, 1.54) is 18.2 Å². The van der Waals surface area contributed by atoms with Crippen molar-refractivity contribution < 1.29 is 13.3 Å². The molecule has 0 spiro atoms. The molecule has 1 aromatic carbocycles. The summed E-state index contributed by atoms with van der Waals surface area (Å²) in [5, 5.41) is 10.6. The van der Waals surface area contributed by atoms with Gasteiger partial charge in [-0.2, -0.15) is 0 Å². The lowest BCUT2D eigenvalue weighted by atomic mass is 10.3. The second kappa shape index (κ2) is 4.15. The number of nitro groups is 1. The molecule has 0 saturated carbocycles. The van der Waals surface area contributed by atoms with Crippen molar-refractivity contribution in [2.75, 3.05) is 11.0 Å². The van der Waals surface area contributed by atoms with Gasteiger partial charge in [-0.05, 0) is 22.0 Å². The maximum atomic E-state index is 11.0. The molecule has 1 rings (SSSR count). The SMILES string of the molecule is CS(=O)(=O)Nc1c(Br)cccc1[N+](=O)[O-]. The zero-order valence-electron chi connectivity index (χ0n) is 7.60. The van der Waals surface area contributed by atoms with Crippen molar-refractivity contribution >= 4 is 37.3 Å². The third-order valence-electron chi connectivity index (χ3n) is 1.48. The average Bonchev–Trinajstić information content (AvgIpc) is 2.05. The summed E-state index contributed by atoms with van der Waals surface area (Å²) in [5.74, 6) is 0. The van der Waals surface area contributed by atoms with Crippen LogP contribution in [0, 0.1) is 10.1 Å². The first kappa shape index (κ1) is 11.9. The first-order valence-electron chi connectivity index (χ1n) is 3.72. The van der Waals surface area contributed by atoms with Crippen molar-refractivity contribution in [3.8, 4) is 0 Å². The Hall–Kier alpha value is -1.15. The van der Waals surface area contributed by atoms with Gasteiger partial charge in [-0.1, -0.05) is 6.07 Å². The van der Waals surface area contributed by atoms with E-state index in [-0.39, 0.29) is 11.4 Å². The van der Waals surface area contributed by atoms with Crippen LogP contribution in [0.5, 0.6) is 0 Å². The lowest BCUT2D eigenvalue weighted by Gasteiger charge is -2.06. The molecule has 1 N–H and O–H groups in total. The van der Waals surface area contributed by atoms with E-state index in [0.717, 1.165) is 6.26 Å². The maximum Gasteiger partial charge on any atom is 0.294 e. The number of anilines is 1. The van der Waals surface area contributed by atoms with E-state index < -0.39 is 14.9 Å². The van der Waals surface area contributed by atoms with Crippen LogP contribution in [-0.2, 0) is 10.0 Å². The van der Waals surface area contributed by atoms with Crippen molar-refractivity contribution in [3.63, 3.8) is 0 Å². The highest BCUT2D eigenvalue weighted by Gasteiger charge is 2.18. The molecule has 82 valence electrons. The maximum absolute atomic E-state index is 11.0. The predicted molar refractivity (Wildman–Crippen MR) is 59.3 cm³/mol. The second-order valence-electron chi connectivity index (χ2n) is 2.77. The summed E-state index contributed by atoms with van der Waals surface area (Å²) in [6.45, 7) is 0. The molecule has 0 radical (unpaired) electrons. The monoisotopic (exact) mass is 294 g/mol. The van der Waals surface area contributed by atoms with Gasteiger partial charge in [-0.25, -0.2) is 8.42 Å². The van der Waals surface area contributed by atoms with Gasteiger partial charge in [0.15, 0.2) is 0 Å². The number of halogens is 1. The van der Waals surface area contributed by atoms with Crippen LogP contribution in [0.4, 0.5) is 11.4 Å². The zero-order chi connectivity index (χ0) is 11.6. The quantitative estimate of drug-likeness (QED) is 0.679. The van der Waals surface area contributed by atoms with Crippen molar-refractivity contribution in [1.82, 2.24) is 0 Å². The van der Waals surface area contributed by atoms with E-state index in [4.69, 9.17) is 0 Å². The molecule has 0 bridgehead atoms. The van der Waals surface area contributed by atoms with Gasteiger partial charge in [0, 0.05) is 10.5 Å². The topological polar surface area (TPSA) is 89.3 Å². The molecular weight excluding hydrogens is 288 g/mol. The van der Waals surface area contributed by atoms with Crippen molar-refractivity contribution in [2.24, 2.45) is 0 Å². The molecule has 8 heteroatoms. The van der Waals surface area contributed by atoms with E-state index in [0.29, 0.717) is 4.47 Å². The Labute approximate surface area is 94.6 Å². The Morgan fingerprint density at radius 3 is 2.53 bits per heavy atom. The normalized spacial score (nSPS) is 11.1. The minimum atomic E-state index is -3.54. The summed E-state index contributed by atoms with van der Waals surface area (Å²) in [6.07, 6.45) is 0.927. The van der Waals surface area contributed by atoms with Gasteiger partial charge >= 0.3 is 0 Å². The molecule has 0 amide bonds. The molecule has 0 aliphatic heterocycles. The molecule has 0 atom stereocenters. The number of benzene rings is 1. The summed E-state index contributed by atoms with van der Waals surface area (Å²) in [6, 6.07) is 4.19. The zero-order valence-corrected chi connectivity index (χ0v) is 10.0. The van der Waals surface area contributed by atoms with Gasteiger partial charge in [0.2, 0.25) is 10.0 Å². The molecule has 0 heterocycles. The summed E-state index contributed by atoms with van der Waals surface area (Å²) in [5.41, 5.74) is -0.361. The standard InChI is InChI=1S/C7H7BrN2O4S/c1-15(13,14)9-7-5(8)3-2-4-6(7)10(11)12/h2-4,9H,1H3. The van der Waals surface area contributed by atoms with Gasteiger partial charge in [0.05, 0.1) is 11.2 Å². The van der Waals surface area contributed by atoms with Gasteiger partial charge in [-0.3, -0.25) is 14.8 Å². The van der Waals surface area contributed by atoms with E-state index in [2.05, 4.69) is 20.7 Å². The Bertz CT molecular complexity index is 500. The lowest BCUT2D eigenvalue weighted by molar-refractivity contribution is -0.383. The van der Waals surface area contributed by atoms with Crippen molar-refractivity contribution in [2.45, 2.75) is 0 Å². The second-order valence-corrected chi connectivity index (χ2v) is 5.37. The number of rotatable bonds is 3. The fraction of sp³-hybridized carbons (Fsp3) is 0.143.